The Hall–Kier alpha value is -1.62. The smallest absolute Gasteiger partial charge is 0.251 e. The molecule has 0 saturated carbocycles. The molecule has 1 atom stereocenters. The highest BCUT2D eigenvalue weighted by Gasteiger charge is 2.24. The van der Waals surface area contributed by atoms with Gasteiger partial charge in [0.25, 0.3) is 5.91 Å². The predicted molar refractivity (Wildman–Crippen MR) is 69.4 cm³/mol. The zero-order valence-electron chi connectivity index (χ0n) is 10.8. The maximum Gasteiger partial charge on any atom is 0.251 e. The van der Waals surface area contributed by atoms with Crippen LogP contribution in [0.1, 0.15) is 12.6 Å². The van der Waals surface area contributed by atoms with E-state index in [-0.39, 0.29) is 5.91 Å². The van der Waals surface area contributed by atoms with Gasteiger partial charge < -0.3 is 14.9 Å². The first-order chi connectivity index (χ1) is 8.58. The Labute approximate surface area is 107 Å². The van der Waals surface area contributed by atoms with E-state index in [1.807, 2.05) is 25.1 Å². The fourth-order valence-corrected chi connectivity index (χ4v) is 2.12. The third-order valence-electron chi connectivity index (χ3n) is 3.15. The van der Waals surface area contributed by atoms with Gasteiger partial charge in [0.1, 0.15) is 11.9 Å². The molecule has 0 radical (unpaired) electrons. The molecule has 2 heterocycles. The SMILES string of the molecule is Cc1cccc(N2CCN(C(=O)[C@@H](C)O)CC2)n1. The summed E-state index contributed by atoms with van der Waals surface area (Å²) < 4.78 is 0. The standard InChI is InChI=1S/C13H19N3O2/c1-10-4-3-5-12(14-10)15-6-8-16(9-7-15)13(18)11(2)17/h3-5,11,17H,6-9H2,1-2H3/t11-/m1/s1. The van der Waals surface area contributed by atoms with E-state index in [0.717, 1.165) is 24.6 Å². The van der Waals surface area contributed by atoms with Gasteiger partial charge in [0.2, 0.25) is 0 Å². The van der Waals surface area contributed by atoms with Crippen molar-refractivity contribution in [1.82, 2.24) is 9.88 Å². The highest BCUT2D eigenvalue weighted by molar-refractivity contribution is 5.80. The van der Waals surface area contributed by atoms with Crippen LogP contribution in [0.2, 0.25) is 0 Å². The summed E-state index contributed by atoms with van der Waals surface area (Å²) in [4.78, 5) is 20.0. The van der Waals surface area contributed by atoms with Crippen molar-refractivity contribution in [2.45, 2.75) is 20.0 Å². The summed E-state index contributed by atoms with van der Waals surface area (Å²) in [5, 5.41) is 9.28. The Balaban J connectivity index is 1.96. The van der Waals surface area contributed by atoms with Gasteiger partial charge in [-0.1, -0.05) is 6.07 Å². The Bertz CT molecular complexity index is 426. The monoisotopic (exact) mass is 249 g/mol. The van der Waals surface area contributed by atoms with Gasteiger partial charge in [-0.3, -0.25) is 4.79 Å². The highest BCUT2D eigenvalue weighted by atomic mass is 16.3. The molecule has 1 aliphatic heterocycles. The van der Waals surface area contributed by atoms with Gasteiger partial charge in [-0.25, -0.2) is 4.98 Å². The van der Waals surface area contributed by atoms with Gasteiger partial charge >= 0.3 is 0 Å². The molecule has 0 bridgehead atoms. The van der Waals surface area contributed by atoms with E-state index in [2.05, 4.69) is 9.88 Å². The van der Waals surface area contributed by atoms with Crippen LogP contribution in [0.15, 0.2) is 18.2 Å². The fraction of sp³-hybridized carbons (Fsp3) is 0.538. The van der Waals surface area contributed by atoms with Gasteiger partial charge in [-0.2, -0.15) is 0 Å². The number of nitrogens with zero attached hydrogens (tertiary/aromatic N) is 3. The Morgan fingerprint density at radius 1 is 1.33 bits per heavy atom. The summed E-state index contributed by atoms with van der Waals surface area (Å²) >= 11 is 0. The molecule has 2 rings (SSSR count). The number of aliphatic hydroxyl groups excluding tert-OH is 1. The third kappa shape index (κ3) is 2.79. The molecule has 1 saturated heterocycles. The quantitative estimate of drug-likeness (QED) is 0.825. The molecule has 1 aromatic rings. The number of aryl methyl sites for hydroxylation is 1. The summed E-state index contributed by atoms with van der Waals surface area (Å²) in [7, 11) is 0. The second-order valence-corrected chi connectivity index (χ2v) is 4.63. The second-order valence-electron chi connectivity index (χ2n) is 4.63. The van der Waals surface area contributed by atoms with E-state index in [1.54, 1.807) is 4.90 Å². The lowest BCUT2D eigenvalue weighted by atomic mass is 10.2. The molecule has 1 N–H and O–H groups in total. The highest BCUT2D eigenvalue weighted by Crippen LogP contribution is 2.14. The molecule has 0 aromatic carbocycles. The molecule has 1 aromatic heterocycles. The van der Waals surface area contributed by atoms with Gasteiger partial charge in [-0.15, -0.1) is 0 Å². The first-order valence-corrected chi connectivity index (χ1v) is 6.23. The maximum atomic E-state index is 11.6. The molecule has 1 amide bonds. The van der Waals surface area contributed by atoms with Crippen LogP contribution in [0.3, 0.4) is 0 Å². The normalized spacial score (nSPS) is 17.7. The van der Waals surface area contributed by atoms with Crippen LogP contribution in [-0.2, 0) is 4.79 Å². The average Bonchev–Trinajstić information content (AvgIpc) is 2.38. The van der Waals surface area contributed by atoms with Crippen LogP contribution in [0, 0.1) is 6.92 Å². The van der Waals surface area contributed by atoms with Crippen molar-refractivity contribution in [3.63, 3.8) is 0 Å². The third-order valence-corrected chi connectivity index (χ3v) is 3.15. The minimum Gasteiger partial charge on any atom is -0.384 e. The van der Waals surface area contributed by atoms with Crippen LogP contribution in [0.4, 0.5) is 5.82 Å². The van der Waals surface area contributed by atoms with Crippen LogP contribution < -0.4 is 4.90 Å². The predicted octanol–water partition coefficient (Wildman–Crippen LogP) is 0.419. The lowest BCUT2D eigenvalue weighted by molar-refractivity contribution is -0.139. The van der Waals surface area contributed by atoms with E-state index in [1.165, 1.54) is 6.92 Å². The van der Waals surface area contributed by atoms with Crippen molar-refractivity contribution in [2.75, 3.05) is 31.1 Å². The van der Waals surface area contributed by atoms with Crippen molar-refractivity contribution >= 4 is 11.7 Å². The van der Waals surface area contributed by atoms with Crippen LogP contribution >= 0.6 is 0 Å². The maximum absolute atomic E-state index is 11.6. The molecule has 98 valence electrons. The number of hydrogen-bond acceptors (Lipinski definition) is 4. The van der Waals surface area contributed by atoms with E-state index in [0.29, 0.717) is 13.1 Å². The number of anilines is 1. The topological polar surface area (TPSA) is 56.7 Å². The Kier molecular flexibility index (Phi) is 3.81. The zero-order valence-corrected chi connectivity index (χ0v) is 10.8. The number of aliphatic hydroxyl groups is 1. The molecule has 0 aliphatic carbocycles. The van der Waals surface area contributed by atoms with Crippen molar-refractivity contribution < 1.29 is 9.90 Å². The fourth-order valence-electron chi connectivity index (χ4n) is 2.12. The summed E-state index contributed by atoms with van der Waals surface area (Å²) in [6.07, 6.45) is -0.909. The lowest BCUT2D eigenvalue weighted by Crippen LogP contribution is -2.51. The molecule has 1 aliphatic rings. The van der Waals surface area contributed by atoms with Crippen LogP contribution in [-0.4, -0.2) is 53.2 Å². The van der Waals surface area contributed by atoms with Crippen molar-refractivity contribution in [2.24, 2.45) is 0 Å². The molecular weight excluding hydrogens is 230 g/mol. The summed E-state index contributed by atoms with van der Waals surface area (Å²) in [6.45, 7) is 6.27. The largest absolute Gasteiger partial charge is 0.384 e. The first kappa shape index (κ1) is 12.8. The lowest BCUT2D eigenvalue weighted by Gasteiger charge is -2.36. The number of amides is 1. The zero-order chi connectivity index (χ0) is 13.1. The molecular formula is C13H19N3O2. The first-order valence-electron chi connectivity index (χ1n) is 6.23. The minimum absolute atomic E-state index is 0.188. The molecule has 1 fully saturated rings. The van der Waals surface area contributed by atoms with Crippen molar-refractivity contribution in [3.8, 4) is 0 Å². The van der Waals surface area contributed by atoms with Gasteiger partial charge in [-0.05, 0) is 26.0 Å². The Morgan fingerprint density at radius 3 is 2.56 bits per heavy atom. The van der Waals surface area contributed by atoms with E-state index >= 15 is 0 Å². The van der Waals surface area contributed by atoms with Gasteiger partial charge in [0.05, 0.1) is 0 Å². The molecule has 5 heteroatoms. The Morgan fingerprint density at radius 2 is 2.00 bits per heavy atom. The molecule has 5 nitrogen and oxygen atoms in total. The second kappa shape index (κ2) is 5.35. The van der Waals surface area contributed by atoms with Crippen LogP contribution in [0.25, 0.3) is 0 Å². The molecule has 0 spiro atoms. The van der Waals surface area contributed by atoms with E-state index in [9.17, 15) is 9.90 Å². The summed E-state index contributed by atoms with van der Waals surface area (Å²) in [6, 6.07) is 5.95. The van der Waals surface area contributed by atoms with Crippen molar-refractivity contribution in [1.29, 1.82) is 0 Å². The number of aromatic nitrogens is 1. The van der Waals surface area contributed by atoms with Crippen LogP contribution in [0.5, 0.6) is 0 Å². The minimum atomic E-state index is -0.909. The molecule has 0 unspecified atom stereocenters. The number of hydrogen-bond donors (Lipinski definition) is 1. The number of pyridine rings is 1. The van der Waals surface area contributed by atoms with Gasteiger partial charge in [0, 0.05) is 31.9 Å². The van der Waals surface area contributed by atoms with Gasteiger partial charge in [0.15, 0.2) is 0 Å². The van der Waals surface area contributed by atoms with E-state index < -0.39 is 6.10 Å². The molecule has 18 heavy (non-hydrogen) atoms. The number of piperazine rings is 1. The average molecular weight is 249 g/mol. The van der Waals surface area contributed by atoms with Crippen molar-refractivity contribution in [3.05, 3.63) is 23.9 Å². The number of rotatable bonds is 2. The number of carbonyl (C=O) groups excluding carboxylic acids is 1. The summed E-state index contributed by atoms with van der Waals surface area (Å²) in [5.74, 6) is 0.769. The van der Waals surface area contributed by atoms with E-state index in [4.69, 9.17) is 0 Å². The number of carbonyl (C=O) groups is 1. The summed E-state index contributed by atoms with van der Waals surface area (Å²) in [5.41, 5.74) is 0.995.